The Morgan fingerprint density at radius 3 is 1.25 bits per heavy atom. The van der Waals surface area contributed by atoms with E-state index in [1.807, 2.05) is 11.3 Å². The highest BCUT2D eigenvalue weighted by molar-refractivity contribution is 7.27. The minimum absolute atomic E-state index is 1.12. The van der Waals surface area contributed by atoms with Crippen molar-refractivity contribution in [3.8, 4) is 22.3 Å². The second kappa shape index (κ2) is 15.3. The number of rotatable bonds is 8. The van der Waals surface area contributed by atoms with Gasteiger partial charge in [-0.15, -0.1) is 11.3 Å². The molecule has 0 fully saturated rings. The third kappa shape index (κ3) is 6.61. The topological polar surface area (TPSA) is 6.48 Å². The first-order valence-corrected chi connectivity index (χ1v) is 21.7. The molecular formula is C58H42N2S. The van der Waals surface area contributed by atoms with Gasteiger partial charge < -0.3 is 9.80 Å². The van der Waals surface area contributed by atoms with Crippen LogP contribution in [-0.4, -0.2) is 0 Å². The van der Waals surface area contributed by atoms with Crippen molar-refractivity contribution in [1.29, 1.82) is 0 Å². The molecule has 0 bridgehead atoms. The summed E-state index contributed by atoms with van der Waals surface area (Å²) in [5.41, 5.74) is 14.1. The van der Waals surface area contributed by atoms with Gasteiger partial charge in [-0.2, -0.15) is 0 Å². The predicted molar refractivity (Wildman–Crippen MR) is 264 cm³/mol. The van der Waals surface area contributed by atoms with Crippen LogP contribution >= 0.6 is 11.3 Å². The Bertz CT molecular complexity index is 3400. The van der Waals surface area contributed by atoms with Gasteiger partial charge in [0, 0.05) is 64.5 Å². The lowest BCUT2D eigenvalue weighted by molar-refractivity contribution is 1.30. The normalized spacial score (nSPS) is 11.4. The highest BCUT2D eigenvalue weighted by Crippen LogP contribution is 2.49. The number of fused-ring (bicyclic) bond motifs is 7. The average Bonchev–Trinajstić information content (AvgIpc) is 3.70. The van der Waals surface area contributed by atoms with Gasteiger partial charge in [-0.3, -0.25) is 0 Å². The molecule has 11 rings (SSSR count). The molecule has 1 aromatic heterocycles. The molecule has 2 nitrogen and oxygen atoms in total. The van der Waals surface area contributed by atoms with E-state index in [0.29, 0.717) is 0 Å². The summed E-state index contributed by atoms with van der Waals surface area (Å²) < 4.78 is 2.60. The van der Waals surface area contributed by atoms with Gasteiger partial charge in [0.25, 0.3) is 0 Å². The second-order valence-corrected chi connectivity index (χ2v) is 16.9. The van der Waals surface area contributed by atoms with Crippen molar-refractivity contribution >= 4 is 87.2 Å². The average molecular weight is 799 g/mol. The molecule has 0 unspecified atom stereocenters. The molecule has 0 aliphatic carbocycles. The fourth-order valence-electron chi connectivity index (χ4n) is 9.06. The van der Waals surface area contributed by atoms with E-state index in [9.17, 15) is 0 Å². The summed E-state index contributed by atoms with van der Waals surface area (Å²) in [4.78, 5) is 4.85. The van der Waals surface area contributed by atoms with Crippen LogP contribution < -0.4 is 9.80 Å². The SMILES string of the molecule is Cc1cccc(-c2cccc(N(c3ccccc3)c3cccc4c3ccc3c5cc(N(c6ccccc6)c6cccc(-c7cccc(C)c7)c6)c6ccccc6c5sc43)c2)c1. The Balaban J connectivity index is 1.12. The lowest BCUT2D eigenvalue weighted by Gasteiger charge is -2.28. The van der Waals surface area contributed by atoms with Gasteiger partial charge in [0.15, 0.2) is 0 Å². The van der Waals surface area contributed by atoms with E-state index in [4.69, 9.17) is 0 Å². The van der Waals surface area contributed by atoms with Crippen molar-refractivity contribution in [2.45, 2.75) is 13.8 Å². The number of para-hydroxylation sites is 2. The Morgan fingerprint density at radius 2 is 0.672 bits per heavy atom. The minimum atomic E-state index is 1.12. The predicted octanol–water partition coefficient (Wildman–Crippen LogP) is 17.3. The summed E-state index contributed by atoms with van der Waals surface area (Å²) in [6.45, 7) is 4.31. The summed E-state index contributed by atoms with van der Waals surface area (Å²) in [6.07, 6.45) is 0. The third-order valence-electron chi connectivity index (χ3n) is 11.9. The van der Waals surface area contributed by atoms with Crippen LogP contribution in [-0.2, 0) is 0 Å². The maximum absolute atomic E-state index is 2.44. The Labute approximate surface area is 360 Å². The van der Waals surface area contributed by atoms with E-state index >= 15 is 0 Å². The number of nitrogens with zero attached hydrogens (tertiary/aromatic N) is 2. The first-order valence-electron chi connectivity index (χ1n) is 20.9. The molecule has 0 aliphatic heterocycles. The Morgan fingerprint density at radius 1 is 0.279 bits per heavy atom. The van der Waals surface area contributed by atoms with Gasteiger partial charge in [-0.1, -0.05) is 169 Å². The molecule has 0 atom stereocenters. The molecule has 0 saturated carbocycles. The first-order chi connectivity index (χ1) is 30.1. The van der Waals surface area contributed by atoms with Crippen molar-refractivity contribution in [2.24, 2.45) is 0 Å². The quantitative estimate of drug-likeness (QED) is 0.151. The van der Waals surface area contributed by atoms with Crippen LogP contribution in [0.1, 0.15) is 11.1 Å². The van der Waals surface area contributed by atoms with Gasteiger partial charge in [-0.25, -0.2) is 0 Å². The molecule has 3 heteroatoms. The van der Waals surface area contributed by atoms with Crippen molar-refractivity contribution in [1.82, 2.24) is 0 Å². The number of hydrogen-bond donors (Lipinski definition) is 0. The Hall–Kier alpha value is -7.46. The van der Waals surface area contributed by atoms with E-state index in [1.165, 1.54) is 75.1 Å². The maximum atomic E-state index is 2.44. The van der Waals surface area contributed by atoms with Crippen LogP contribution in [0.3, 0.4) is 0 Å². The van der Waals surface area contributed by atoms with Crippen molar-refractivity contribution in [3.05, 3.63) is 230 Å². The minimum Gasteiger partial charge on any atom is -0.310 e. The number of aryl methyl sites for hydroxylation is 2. The molecule has 61 heavy (non-hydrogen) atoms. The number of hydrogen-bond acceptors (Lipinski definition) is 3. The zero-order chi connectivity index (χ0) is 40.9. The van der Waals surface area contributed by atoms with Crippen LogP contribution in [0.4, 0.5) is 34.1 Å². The molecule has 0 saturated heterocycles. The number of anilines is 6. The summed E-state index contributed by atoms with van der Waals surface area (Å²) in [5, 5.41) is 7.49. The molecule has 290 valence electrons. The molecule has 0 spiro atoms. The van der Waals surface area contributed by atoms with E-state index in [1.54, 1.807) is 0 Å². The highest BCUT2D eigenvalue weighted by atomic mass is 32.1. The standard InChI is InChI=1S/C58H42N2S/c1-39-16-11-18-41(34-39)43-20-13-26-47(36-43)59(45-22-5-3-6-23-45)55-31-15-30-52-50(55)32-33-53-54-38-56(49-28-9-10-29-51(49)58(54)61-57(52)53)60(46-24-7-4-8-25-46)48-27-14-21-44(37-48)42-19-12-17-40(2)35-42/h3-38H,1-2H3. The smallest absolute Gasteiger partial charge is 0.0547 e. The van der Waals surface area contributed by atoms with Crippen molar-refractivity contribution in [2.75, 3.05) is 9.80 Å². The summed E-state index contributed by atoms with van der Waals surface area (Å²) in [5.74, 6) is 0. The molecule has 0 aliphatic rings. The van der Waals surface area contributed by atoms with Crippen LogP contribution in [0.2, 0.25) is 0 Å². The zero-order valence-electron chi connectivity index (χ0n) is 34.1. The van der Waals surface area contributed by atoms with Crippen LogP contribution in [0.5, 0.6) is 0 Å². The number of benzene rings is 10. The van der Waals surface area contributed by atoms with Crippen LogP contribution in [0.25, 0.3) is 64.0 Å². The molecule has 11 aromatic rings. The lowest BCUT2D eigenvalue weighted by Crippen LogP contribution is -2.10. The zero-order valence-corrected chi connectivity index (χ0v) is 34.9. The van der Waals surface area contributed by atoms with Gasteiger partial charge in [0.05, 0.1) is 11.4 Å². The third-order valence-corrected chi connectivity index (χ3v) is 13.2. The molecule has 1 heterocycles. The molecule has 0 amide bonds. The van der Waals surface area contributed by atoms with Gasteiger partial charge in [0.2, 0.25) is 0 Å². The van der Waals surface area contributed by atoms with Crippen LogP contribution in [0, 0.1) is 13.8 Å². The maximum Gasteiger partial charge on any atom is 0.0547 e. The second-order valence-electron chi connectivity index (χ2n) is 15.9. The molecule has 0 radical (unpaired) electrons. The molecule has 0 N–H and O–H groups in total. The lowest BCUT2D eigenvalue weighted by atomic mass is 9.99. The van der Waals surface area contributed by atoms with Gasteiger partial charge in [-0.05, 0) is 96.8 Å². The highest BCUT2D eigenvalue weighted by Gasteiger charge is 2.22. The summed E-state index contributed by atoms with van der Waals surface area (Å²) in [7, 11) is 0. The van der Waals surface area contributed by atoms with E-state index in [2.05, 4.69) is 242 Å². The monoisotopic (exact) mass is 798 g/mol. The molecule has 10 aromatic carbocycles. The van der Waals surface area contributed by atoms with Crippen molar-refractivity contribution in [3.63, 3.8) is 0 Å². The van der Waals surface area contributed by atoms with E-state index < -0.39 is 0 Å². The summed E-state index contributed by atoms with van der Waals surface area (Å²) in [6, 6.07) is 79.9. The fraction of sp³-hybridized carbons (Fsp3) is 0.0345. The van der Waals surface area contributed by atoms with E-state index in [0.717, 1.165) is 34.1 Å². The van der Waals surface area contributed by atoms with Gasteiger partial charge >= 0.3 is 0 Å². The largest absolute Gasteiger partial charge is 0.310 e. The molecular weight excluding hydrogens is 757 g/mol. The van der Waals surface area contributed by atoms with Gasteiger partial charge in [0.1, 0.15) is 0 Å². The fourth-order valence-corrected chi connectivity index (χ4v) is 10.4. The summed E-state index contributed by atoms with van der Waals surface area (Å²) >= 11 is 1.91. The number of thiophene rings is 1. The first kappa shape index (κ1) is 36.6. The van der Waals surface area contributed by atoms with E-state index in [-0.39, 0.29) is 0 Å². The van der Waals surface area contributed by atoms with Crippen LogP contribution in [0.15, 0.2) is 218 Å². The Kier molecular flexibility index (Phi) is 9.18. The van der Waals surface area contributed by atoms with Crippen molar-refractivity contribution < 1.29 is 0 Å².